The van der Waals surface area contributed by atoms with Crippen LogP contribution in [0.5, 0.6) is 5.75 Å². The summed E-state index contributed by atoms with van der Waals surface area (Å²) in [6.45, 7) is 1.99. The number of aryl methyl sites for hydroxylation is 1. The molecule has 1 aromatic rings. The van der Waals surface area contributed by atoms with Crippen LogP contribution in [-0.2, 0) is 11.2 Å². The van der Waals surface area contributed by atoms with Gasteiger partial charge < -0.3 is 10.1 Å². The van der Waals surface area contributed by atoms with E-state index in [4.69, 9.17) is 4.74 Å². The van der Waals surface area contributed by atoms with Gasteiger partial charge in [0.2, 0.25) is 5.91 Å². The molecule has 0 saturated carbocycles. The molecule has 2 rings (SSSR count). The number of ether oxygens (including phenoxy) is 1. The van der Waals surface area contributed by atoms with Crippen molar-refractivity contribution in [2.24, 2.45) is 0 Å². The minimum atomic E-state index is 0.0101. The number of amides is 1. The summed E-state index contributed by atoms with van der Waals surface area (Å²) in [5, 5.41) is 2.69. The van der Waals surface area contributed by atoms with Gasteiger partial charge in [0.05, 0.1) is 13.5 Å². The smallest absolute Gasteiger partial charge is 0.228 e. The molecule has 0 bridgehead atoms. The Morgan fingerprint density at radius 1 is 1.40 bits per heavy atom. The third-order valence-electron chi connectivity index (χ3n) is 2.51. The molecule has 0 aromatic heterocycles. The SMILES string of the molecule is COc1cc2c(cc1C)C=CNC(=O)C2. The first-order chi connectivity index (χ1) is 7.20. The van der Waals surface area contributed by atoms with Crippen LogP contribution < -0.4 is 10.1 Å². The van der Waals surface area contributed by atoms with E-state index in [1.807, 2.05) is 25.1 Å². The van der Waals surface area contributed by atoms with E-state index in [0.29, 0.717) is 6.42 Å². The van der Waals surface area contributed by atoms with Gasteiger partial charge in [-0.25, -0.2) is 0 Å². The highest BCUT2D eigenvalue weighted by Gasteiger charge is 2.11. The minimum Gasteiger partial charge on any atom is -0.496 e. The predicted octanol–water partition coefficient (Wildman–Crippen LogP) is 1.65. The fraction of sp³-hybridized carbons (Fsp3) is 0.250. The van der Waals surface area contributed by atoms with E-state index in [1.165, 1.54) is 0 Å². The Bertz CT molecular complexity index is 435. The number of carbonyl (C=O) groups excluding carboxylic acids is 1. The number of methoxy groups -OCH3 is 1. The van der Waals surface area contributed by atoms with E-state index in [-0.39, 0.29) is 5.91 Å². The van der Waals surface area contributed by atoms with Crippen LogP contribution in [0.4, 0.5) is 0 Å². The highest BCUT2D eigenvalue weighted by atomic mass is 16.5. The average molecular weight is 203 g/mol. The Morgan fingerprint density at radius 3 is 2.93 bits per heavy atom. The lowest BCUT2D eigenvalue weighted by Gasteiger charge is -2.09. The standard InChI is InChI=1S/C12H13NO2/c1-8-5-9-3-4-13-12(14)7-10(9)6-11(8)15-2/h3-6H,7H2,1-2H3,(H,13,14). The lowest BCUT2D eigenvalue weighted by atomic mass is 10.0. The Labute approximate surface area is 88.8 Å². The van der Waals surface area contributed by atoms with Crippen LogP contribution in [0.2, 0.25) is 0 Å². The third-order valence-corrected chi connectivity index (χ3v) is 2.51. The lowest BCUT2D eigenvalue weighted by Crippen LogP contribution is -2.17. The monoisotopic (exact) mass is 203 g/mol. The molecule has 1 aliphatic heterocycles. The molecule has 1 N–H and O–H groups in total. The molecular weight excluding hydrogens is 190 g/mol. The van der Waals surface area contributed by atoms with Crippen molar-refractivity contribution >= 4 is 12.0 Å². The molecule has 1 aliphatic rings. The molecule has 3 nitrogen and oxygen atoms in total. The predicted molar refractivity (Wildman–Crippen MR) is 58.6 cm³/mol. The van der Waals surface area contributed by atoms with Crippen LogP contribution in [0.3, 0.4) is 0 Å². The van der Waals surface area contributed by atoms with Gasteiger partial charge in [-0.05, 0) is 41.8 Å². The number of fused-ring (bicyclic) bond motifs is 1. The van der Waals surface area contributed by atoms with Gasteiger partial charge >= 0.3 is 0 Å². The summed E-state index contributed by atoms with van der Waals surface area (Å²) in [5.41, 5.74) is 3.16. The average Bonchev–Trinajstić information content (AvgIpc) is 2.37. The first-order valence-corrected chi connectivity index (χ1v) is 4.84. The quantitative estimate of drug-likeness (QED) is 0.753. The van der Waals surface area contributed by atoms with Crippen molar-refractivity contribution in [3.05, 3.63) is 35.0 Å². The first-order valence-electron chi connectivity index (χ1n) is 4.84. The van der Waals surface area contributed by atoms with Gasteiger partial charge in [-0.15, -0.1) is 0 Å². The molecule has 0 radical (unpaired) electrons. The molecule has 0 spiro atoms. The number of benzene rings is 1. The van der Waals surface area contributed by atoms with Crippen LogP contribution in [0, 0.1) is 6.92 Å². The Kier molecular flexibility index (Phi) is 2.46. The summed E-state index contributed by atoms with van der Waals surface area (Å²) < 4.78 is 5.23. The van der Waals surface area contributed by atoms with Crippen molar-refractivity contribution in [1.82, 2.24) is 5.32 Å². The van der Waals surface area contributed by atoms with Crippen LogP contribution in [-0.4, -0.2) is 13.0 Å². The maximum Gasteiger partial charge on any atom is 0.228 e. The van der Waals surface area contributed by atoms with E-state index >= 15 is 0 Å². The number of hydrogen-bond acceptors (Lipinski definition) is 2. The van der Waals surface area contributed by atoms with Gasteiger partial charge in [-0.2, -0.15) is 0 Å². The number of hydrogen-bond donors (Lipinski definition) is 1. The second-order valence-electron chi connectivity index (χ2n) is 3.60. The fourth-order valence-corrected chi connectivity index (χ4v) is 1.73. The van der Waals surface area contributed by atoms with Crippen LogP contribution in [0.25, 0.3) is 6.08 Å². The van der Waals surface area contributed by atoms with Crippen molar-refractivity contribution in [3.63, 3.8) is 0 Å². The zero-order valence-corrected chi connectivity index (χ0v) is 8.83. The van der Waals surface area contributed by atoms with Gasteiger partial charge in [0.25, 0.3) is 0 Å². The maximum atomic E-state index is 11.3. The molecule has 0 fully saturated rings. The van der Waals surface area contributed by atoms with Gasteiger partial charge in [0.1, 0.15) is 5.75 Å². The molecule has 0 aliphatic carbocycles. The van der Waals surface area contributed by atoms with Gasteiger partial charge in [-0.3, -0.25) is 4.79 Å². The van der Waals surface area contributed by atoms with Gasteiger partial charge in [-0.1, -0.05) is 0 Å². The van der Waals surface area contributed by atoms with Crippen LogP contribution >= 0.6 is 0 Å². The molecule has 0 atom stereocenters. The van der Waals surface area contributed by atoms with Gasteiger partial charge in [0.15, 0.2) is 0 Å². The minimum absolute atomic E-state index is 0.0101. The zero-order valence-electron chi connectivity index (χ0n) is 8.83. The summed E-state index contributed by atoms with van der Waals surface area (Å²) in [5.74, 6) is 0.841. The summed E-state index contributed by atoms with van der Waals surface area (Å²) in [6.07, 6.45) is 3.99. The van der Waals surface area contributed by atoms with E-state index in [9.17, 15) is 4.79 Å². The molecular formula is C12H13NO2. The highest BCUT2D eigenvalue weighted by molar-refractivity contribution is 5.83. The van der Waals surface area contributed by atoms with E-state index < -0.39 is 0 Å². The van der Waals surface area contributed by atoms with Crippen molar-refractivity contribution in [3.8, 4) is 5.75 Å². The summed E-state index contributed by atoms with van der Waals surface area (Å²) in [7, 11) is 1.64. The largest absolute Gasteiger partial charge is 0.496 e. The van der Waals surface area contributed by atoms with E-state index in [2.05, 4.69) is 5.32 Å². The molecule has 1 heterocycles. The number of carbonyl (C=O) groups is 1. The second-order valence-corrected chi connectivity index (χ2v) is 3.60. The van der Waals surface area contributed by atoms with Crippen LogP contribution in [0.15, 0.2) is 18.3 Å². The zero-order chi connectivity index (χ0) is 10.8. The van der Waals surface area contributed by atoms with Crippen molar-refractivity contribution < 1.29 is 9.53 Å². The van der Waals surface area contributed by atoms with Crippen molar-refractivity contribution in [2.75, 3.05) is 7.11 Å². The normalized spacial score (nSPS) is 14.1. The molecule has 78 valence electrons. The second kappa shape index (κ2) is 3.77. The molecule has 1 aromatic carbocycles. The summed E-state index contributed by atoms with van der Waals surface area (Å²) in [4.78, 5) is 11.3. The van der Waals surface area contributed by atoms with Crippen LogP contribution in [0.1, 0.15) is 16.7 Å². The Morgan fingerprint density at radius 2 is 2.20 bits per heavy atom. The number of nitrogens with one attached hydrogen (secondary N) is 1. The Hall–Kier alpha value is -1.77. The maximum absolute atomic E-state index is 11.3. The molecule has 0 saturated heterocycles. The molecule has 0 unspecified atom stereocenters. The number of rotatable bonds is 1. The van der Waals surface area contributed by atoms with Crippen molar-refractivity contribution in [1.29, 1.82) is 0 Å². The Balaban J connectivity index is 2.52. The summed E-state index contributed by atoms with van der Waals surface area (Å²) in [6, 6.07) is 3.96. The van der Waals surface area contributed by atoms with Gasteiger partial charge in [0, 0.05) is 6.20 Å². The highest BCUT2D eigenvalue weighted by Crippen LogP contribution is 2.25. The molecule has 1 amide bonds. The first kappa shape index (κ1) is 9.77. The molecule has 15 heavy (non-hydrogen) atoms. The molecule has 3 heteroatoms. The fourth-order valence-electron chi connectivity index (χ4n) is 1.73. The lowest BCUT2D eigenvalue weighted by molar-refractivity contribution is -0.119. The third kappa shape index (κ3) is 1.86. The van der Waals surface area contributed by atoms with E-state index in [1.54, 1.807) is 13.3 Å². The topological polar surface area (TPSA) is 38.3 Å². The summed E-state index contributed by atoms with van der Waals surface area (Å²) >= 11 is 0. The van der Waals surface area contributed by atoms with E-state index in [0.717, 1.165) is 22.4 Å². The van der Waals surface area contributed by atoms with Crippen molar-refractivity contribution in [2.45, 2.75) is 13.3 Å².